The summed E-state index contributed by atoms with van der Waals surface area (Å²) < 4.78 is 0. The first-order valence-electron chi connectivity index (χ1n) is 20.9. The number of hydrogen-bond donors (Lipinski definition) is 14. The fourth-order valence-corrected chi connectivity index (χ4v) is 6.60. The standard InChI is InChI=1S/C40H62N10O14S/c1-6-19(2)31(39(62)46-26(16-51)36(59)43-22(5)34(57)48-28(18-65)37(60)47-27(17-52)40(63)64)49-35(58)25(14-23-9-11-24(53)12-10-23)45-33(56)21(4)42-32(55)20(3)44-38(61)29-8-7-13-50(29)30(54)15-41/h9-12,19-22,25-29,31,51-53,65H,6-8,13-18,41H2,1-5H3,(H,42,55)(H,43,59)(H,44,61)(H,45,56)(H,46,62)(H,47,60)(H,48,57)(H,49,58)(H,63,64)/t19-,20-,21-,22-,25-,26-,27-,28-,29-,31-/m0/s1. The Bertz CT molecular complexity index is 1870. The summed E-state index contributed by atoms with van der Waals surface area (Å²) in [5, 5.41) is 57.3. The molecule has 362 valence electrons. The second-order valence-corrected chi connectivity index (χ2v) is 15.9. The van der Waals surface area contributed by atoms with Gasteiger partial charge in [-0.05, 0) is 57.2 Å². The third-order valence-electron chi connectivity index (χ3n) is 10.5. The number of carbonyl (C=O) groups is 10. The highest BCUT2D eigenvalue weighted by Gasteiger charge is 2.37. The number of phenols is 1. The van der Waals surface area contributed by atoms with Crippen LogP contribution in [0.4, 0.5) is 0 Å². The fourth-order valence-electron chi connectivity index (χ4n) is 6.35. The first-order valence-corrected chi connectivity index (χ1v) is 21.5. The number of phenolic OH excluding ortho intramolecular Hbond substituents is 1. The molecular formula is C40H62N10O14S. The molecule has 0 spiro atoms. The highest BCUT2D eigenvalue weighted by Crippen LogP contribution is 2.18. The molecule has 14 N–H and O–H groups in total. The summed E-state index contributed by atoms with van der Waals surface area (Å²) in [5.41, 5.74) is 5.93. The van der Waals surface area contributed by atoms with Crippen molar-refractivity contribution in [2.24, 2.45) is 11.7 Å². The Morgan fingerprint density at radius 2 is 1.15 bits per heavy atom. The molecule has 1 heterocycles. The Morgan fingerprint density at radius 3 is 1.68 bits per heavy atom. The van der Waals surface area contributed by atoms with Gasteiger partial charge in [0.25, 0.3) is 0 Å². The number of nitrogens with zero attached hydrogens (tertiary/aromatic N) is 1. The van der Waals surface area contributed by atoms with Gasteiger partial charge < -0.3 is 73.6 Å². The van der Waals surface area contributed by atoms with Gasteiger partial charge in [-0.25, -0.2) is 4.79 Å². The number of thiol groups is 1. The molecule has 25 heteroatoms. The van der Waals surface area contributed by atoms with Crippen molar-refractivity contribution in [1.29, 1.82) is 0 Å². The topological polar surface area (TPSA) is 377 Å². The first kappa shape index (κ1) is 55.1. The van der Waals surface area contributed by atoms with E-state index in [4.69, 9.17) is 10.8 Å². The van der Waals surface area contributed by atoms with Gasteiger partial charge in [-0.3, -0.25) is 43.2 Å². The minimum Gasteiger partial charge on any atom is -0.508 e. The van der Waals surface area contributed by atoms with Gasteiger partial charge in [0.05, 0.1) is 19.8 Å². The summed E-state index contributed by atoms with van der Waals surface area (Å²) in [6.45, 7) is 5.43. The molecule has 0 aliphatic carbocycles. The Balaban J connectivity index is 2.18. The van der Waals surface area contributed by atoms with Gasteiger partial charge in [-0.1, -0.05) is 32.4 Å². The molecule has 1 aromatic rings. The number of carboxylic acids is 1. The van der Waals surface area contributed by atoms with E-state index in [0.717, 1.165) is 0 Å². The fraction of sp³-hybridized carbons (Fsp3) is 0.600. The molecular weight excluding hydrogens is 877 g/mol. The molecule has 1 fully saturated rings. The number of carboxylic acid groups (broad SMARTS) is 1. The number of aliphatic hydroxyl groups excluding tert-OH is 2. The third-order valence-corrected chi connectivity index (χ3v) is 10.9. The van der Waals surface area contributed by atoms with Gasteiger partial charge in [0.15, 0.2) is 0 Å². The van der Waals surface area contributed by atoms with Gasteiger partial charge in [0, 0.05) is 18.7 Å². The van der Waals surface area contributed by atoms with Gasteiger partial charge in [-0.2, -0.15) is 12.6 Å². The molecule has 1 aliphatic heterocycles. The molecule has 2 rings (SSSR count). The number of aliphatic carboxylic acids is 1. The second kappa shape index (κ2) is 26.7. The van der Waals surface area contributed by atoms with Crippen LogP contribution in [0.1, 0.15) is 59.4 Å². The smallest absolute Gasteiger partial charge is 0.328 e. The van der Waals surface area contributed by atoms with E-state index in [2.05, 4.69) is 49.8 Å². The Labute approximate surface area is 380 Å². The molecule has 0 radical (unpaired) electrons. The first-order chi connectivity index (χ1) is 30.6. The van der Waals surface area contributed by atoms with Crippen LogP contribution in [0.25, 0.3) is 0 Å². The van der Waals surface area contributed by atoms with Crippen LogP contribution in [0.15, 0.2) is 24.3 Å². The van der Waals surface area contributed by atoms with Crippen molar-refractivity contribution >= 4 is 71.8 Å². The number of hydrogen-bond acceptors (Lipinski definition) is 15. The Hall–Kier alpha value is -6.05. The number of benzene rings is 1. The number of likely N-dealkylation sites (tertiary alicyclic amines) is 1. The lowest BCUT2D eigenvalue weighted by molar-refractivity contribution is -0.143. The monoisotopic (exact) mass is 938 g/mol. The molecule has 1 aliphatic rings. The Morgan fingerprint density at radius 1 is 0.677 bits per heavy atom. The zero-order valence-electron chi connectivity index (χ0n) is 36.8. The summed E-state index contributed by atoms with van der Waals surface area (Å²) in [5.74, 6) is -9.83. The van der Waals surface area contributed by atoms with E-state index in [1.54, 1.807) is 13.8 Å². The maximum absolute atomic E-state index is 14.0. The van der Waals surface area contributed by atoms with Crippen molar-refractivity contribution in [2.45, 2.75) is 115 Å². The van der Waals surface area contributed by atoms with Gasteiger partial charge in [0.2, 0.25) is 53.2 Å². The minimum atomic E-state index is -1.67. The minimum absolute atomic E-state index is 0.0758. The van der Waals surface area contributed by atoms with Crippen molar-refractivity contribution in [2.75, 3.05) is 32.1 Å². The third kappa shape index (κ3) is 16.8. The van der Waals surface area contributed by atoms with E-state index in [-0.39, 0.29) is 24.5 Å². The van der Waals surface area contributed by atoms with E-state index in [9.17, 15) is 63.3 Å². The average molecular weight is 939 g/mol. The number of aromatic hydroxyl groups is 1. The molecule has 0 aromatic heterocycles. The van der Waals surface area contributed by atoms with Gasteiger partial charge in [-0.15, -0.1) is 0 Å². The maximum Gasteiger partial charge on any atom is 0.328 e. The predicted octanol–water partition coefficient (Wildman–Crippen LogP) is -5.13. The van der Waals surface area contributed by atoms with Crippen LogP contribution in [0.3, 0.4) is 0 Å². The second-order valence-electron chi connectivity index (χ2n) is 15.5. The highest BCUT2D eigenvalue weighted by molar-refractivity contribution is 7.80. The van der Waals surface area contributed by atoms with Crippen LogP contribution in [-0.4, -0.2) is 171 Å². The van der Waals surface area contributed by atoms with Crippen molar-refractivity contribution in [3.05, 3.63) is 29.8 Å². The summed E-state index contributed by atoms with van der Waals surface area (Å²) in [6, 6.07) is -6.37. The van der Waals surface area contributed by atoms with Gasteiger partial charge in [0.1, 0.15) is 60.1 Å². The lowest BCUT2D eigenvalue weighted by Gasteiger charge is -2.29. The van der Waals surface area contributed by atoms with Crippen molar-refractivity contribution < 1.29 is 68.4 Å². The van der Waals surface area contributed by atoms with Crippen molar-refractivity contribution in [3.8, 4) is 5.75 Å². The maximum atomic E-state index is 14.0. The number of nitrogens with one attached hydrogen (secondary N) is 8. The van der Waals surface area contributed by atoms with Crippen LogP contribution in [0, 0.1) is 5.92 Å². The van der Waals surface area contributed by atoms with Crippen molar-refractivity contribution in [1.82, 2.24) is 47.4 Å². The van der Waals surface area contributed by atoms with Crippen LogP contribution >= 0.6 is 12.6 Å². The average Bonchev–Trinajstić information content (AvgIpc) is 3.78. The normalized spacial score (nSPS) is 17.5. The summed E-state index contributed by atoms with van der Waals surface area (Å²) in [6.07, 6.45) is 1.09. The lowest BCUT2D eigenvalue weighted by Crippen LogP contribution is -2.61. The van der Waals surface area contributed by atoms with E-state index in [0.29, 0.717) is 31.4 Å². The molecule has 9 amide bonds. The molecule has 1 aromatic carbocycles. The molecule has 0 saturated carbocycles. The number of amides is 9. The predicted molar refractivity (Wildman–Crippen MR) is 233 cm³/mol. The number of carbonyl (C=O) groups excluding carboxylic acids is 9. The largest absolute Gasteiger partial charge is 0.508 e. The number of rotatable bonds is 25. The van der Waals surface area contributed by atoms with E-state index >= 15 is 0 Å². The number of aliphatic hydroxyl groups is 2. The molecule has 1 saturated heterocycles. The van der Waals surface area contributed by atoms with Crippen molar-refractivity contribution in [3.63, 3.8) is 0 Å². The van der Waals surface area contributed by atoms with Crippen LogP contribution in [-0.2, 0) is 54.4 Å². The summed E-state index contributed by atoms with van der Waals surface area (Å²) in [4.78, 5) is 130. The zero-order chi connectivity index (χ0) is 49.1. The molecule has 65 heavy (non-hydrogen) atoms. The van der Waals surface area contributed by atoms with E-state index in [1.807, 2.05) is 5.32 Å². The summed E-state index contributed by atoms with van der Waals surface area (Å²) in [7, 11) is 0. The van der Waals surface area contributed by atoms with E-state index in [1.165, 1.54) is 49.9 Å². The quantitative estimate of drug-likeness (QED) is 0.0408. The van der Waals surface area contributed by atoms with Gasteiger partial charge >= 0.3 is 5.97 Å². The number of nitrogens with two attached hydrogens (primary N) is 1. The molecule has 0 unspecified atom stereocenters. The van der Waals surface area contributed by atoms with Crippen LogP contribution in [0.5, 0.6) is 5.75 Å². The highest BCUT2D eigenvalue weighted by atomic mass is 32.1. The zero-order valence-corrected chi connectivity index (χ0v) is 37.7. The van der Waals surface area contributed by atoms with E-state index < -0.39 is 133 Å². The van der Waals surface area contributed by atoms with Crippen LogP contribution in [0.2, 0.25) is 0 Å². The molecule has 10 atom stereocenters. The SMILES string of the molecule is CC[C@H](C)[C@H](NC(=O)[C@H](Cc1ccc(O)cc1)NC(=O)[C@H](C)NC(=O)[C@H](C)NC(=O)[C@@H]1CCCN1C(=O)CN)C(=O)N[C@@H](CO)C(=O)N[C@@H](C)C(=O)N[C@@H](CS)C(=O)N[C@@H](CO)C(=O)O. The molecule has 24 nitrogen and oxygen atoms in total. The lowest BCUT2D eigenvalue weighted by atomic mass is 9.96. The Kier molecular flexibility index (Phi) is 22.6. The molecule has 0 bridgehead atoms. The summed E-state index contributed by atoms with van der Waals surface area (Å²) >= 11 is 3.99. The van der Waals surface area contributed by atoms with Crippen LogP contribution < -0.4 is 48.3 Å².